The van der Waals surface area contributed by atoms with Crippen molar-refractivity contribution >= 4 is 57.6 Å². The molecule has 3 aliphatic rings. The molecule has 0 aliphatic carbocycles. The lowest BCUT2D eigenvalue weighted by atomic mass is 10.1. The largest absolute Gasteiger partial charge is 0.365 e. The molecule has 0 radical (unpaired) electrons. The highest BCUT2D eigenvalue weighted by atomic mass is 32.2. The normalized spacial score (nSPS) is 22.0. The van der Waals surface area contributed by atoms with Crippen LogP contribution < -0.4 is 21.1 Å². The van der Waals surface area contributed by atoms with Gasteiger partial charge in [0.1, 0.15) is 5.69 Å². The summed E-state index contributed by atoms with van der Waals surface area (Å²) in [4.78, 5) is 27.1. The van der Waals surface area contributed by atoms with Gasteiger partial charge < -0.3 is 10.2 Å². The van der Waals surface area contributed by atoms with Crippen LogP contribution in [0.3, 0.4) is 0 Å². The second-order valence-corrected chi connectivity index (χ2v) is 9.18. The van der Waals surface area contributed by atoms with E-state index in [2.05, 4.69) is 16.1 Å². The van der Waals surface area contributed by atoms with Crippen molar-refractivity contribution in [3.05, 3.63) is 50.7 Å². The van der Waals surface area contributed by atoms with Gasteiger partial charge in [0.05, 0.1) is 14.0 Å². The predicted molar refractivity (Wildman–Crippen MR) is 101 cm³/mol. The smallest absolute Gasteiger partial charge is 0.250 e. The Bertz CT molecular complexity index is 773. The molecule has 0 unspecified atom stereocenters. The van der Waals surface area contributed by atoms with Crippen LogP contribution in [0.15, 0.2) is 34.3 Å². The number of thioether (sulfide) groups is 4. The average Bonchev–Trinajstić information content (AvgIpc) is 3.23. The first kappa shape index (κ1) is 15.0. The number of anilines is 1. The van der Waals surface area contributed by atoms with Crippen LogP contribution in [0.2, 0.25) is 0 Å². The van der Waals surface area contributed by atoms with Gasteiger partial charge in [-0.05, 0) is 16.2 Å². The van der Waals surface area contributed by atoms with E-state index in [0.717, 1.165) is 31.1 Å². The first-order valence-electron chi connectivity index (χ1n) is 6.82. The minimum atomic E-state index is -0.330. The van der Waals surface area contributed by atoms with Gasteiger partial charge in [-0.2, -0.15) is 0 Å². The Hall–Kier alpha value is -0.540. The molecule has 22 heavy (non-hydrogen) atoms. The molecule has 1 N–H and O–H groups in total. The zero-order chi connectivity index (χ0) is 15.1. The zero-order valence-electron chi connectivity index (χ0n) is 11.5. The molecular weight excluding hydrogens is 356 g/mol. The molecule has 8 heteroatoms. The van der Waals surface area contributed by atoms with Gasteiger partial charge in [-0.25, -0.2) is 0 Å². The van der Waals surface area contributed by atoms with Crippen LogP contribution in [0.5, 0.6) is 0 Å². The fourth-order valence-electron chi connectivity index (χ4n) is 2.56. The SMILES string of the molecule is O=c1c(C2=CSC(=C3SC=CS3)S2)c(N2CCNCC2)c1=O. The third-order valence-corrected chi connectivity index (χ3v) is 8.65. The number of nitrogens with one attached hydrogen (secondary N) is 1. The summed E-state index contributed by atoms with van der Waals surface area (Å²) >= 11 is 6.68. The molecule has 3 aliphatic heterocycles. The van der Waals surface area contributed by atoms with Crippen molar-refractivity contribution in [1.82, 2.24) is 5.32 Å². The van der Waals surface area contributed by atoms with E-state index in [1.807, 2.05) is 10.3 Å². The topological polar surface area (TPSA) is 49.4 Å². The fourth-order valence-corrected chi connectivity index (χ4v) is 7.06. The molecule has 114 valence electrons. The highest BCUT2D eigenvalue weighted by Crippen LogP contribution is 2.56. The highest BCUT2D eigenvalue weighted by molar-refractivity contribution is 8.35. The average molecular weight is 369 g/mol. The summed E-state index contributed by atoms with van der Waals surface area (Å²) in [6.45, 7) is 3.28. The van der Waals surface area contributed by atoms with E-state index in [4.69, 9.17) is 0 Å². The summed E-state index contributed by atoms with van der Waals surface area (Å²) in [5.41, 5.74) is 0.600. The van der Waals surface area contributed by atoms with Crippen molar-refractivity contribution in [1.29, 1.82) is 0 Å². The first-order chi connectivity index (χ1) is 10.8. The molecule has 1 aromatic carbocycles. The zero-order valence-corrected chi connectivity index (χ0v) is 14.7. The molecule has 0 aromatic heterocycles. The molecule has 0 amide bonds. The van der Waals surface area contributed by atoms with E-state index in [1.165, 1.54) is 8.47 Å². The summed E-state index contributed by atoms with van der Waals surface area (Å²) in [5.74, 6) is 0. The van der Waals surface area contributed by atoms with E-state index in [9.17, 15) is 9.59 Å². The minimum absolute atomic E-state index is 0.323. The summed E-state index contributed by atoms with van der Waals surface area (Å²) in [5, 5.41) is 9.41. The number of hydrogen-bond donors (Lipinski definition) is 1. The molecule has 1 aromatic rings. The van der Waals surface area contributed by atoms with Gasteiger partial charge in [-0.3, -0.25) is 9.59 Å². The second kappa shape index (κ2) is 6.16. The second-order valence-electron chi connectivity index (χ2n) is 4.90. The lowest BCUT2D eigenvalue weighted by Crippen LogP contribution is -2.50. The van der Waals surface area contributed by atoms with Crippen molar-refractivity contribution in [2.24, 2.45) is 0 Å². The van der Waals surface area contributed by atoms with Crippen LogP contribution >= 0.6 is 47.0 Å². The molecule has 3 heterocycles. The van der Waals surface area contributed by atoms with Crippen LogP contribution in [0, 0.1) is 0 Å². The van der Waals surface area contributed by atoms with E-state index in [-0.39, 0.29) is 10.9 Å². The van der Waals surface area contributed by atoms with E-state index < -0.39 is 0 Å². The lowest BCUT2D eigenvalue weighted by Gasteiger charge is -2.31. The standard InChI is InChI=1S/C14H12N2O2S4/c17-11-9(10(12(11)18)16-3-1-15-2-4-16)8-7-21-14(22-8)13-19-5-6-20-13/h5-7,15H,1-4H2. The van der Waals surface area contributed by atoms with Crippen LogP contribution in [-0.2, 0) is 0 Å². The quantitative estimate of drug-likeness (QED) is 0.800. The van der Waals surface area contributed by atoms with Crippen molar-refractivity contribution in [2.75, 3.05) is 31.1 Å². The van der Waals surface area contributed by atoms with Crippen LogP contribution in [0.1, 0.15) is 5.56 Å². The van der Waals surface area contributed by atoms with Crippen molar-refractivity contribution in [3.63, 3.8) is 0 Å². The number of nitrogens with zero attached hydrogens (tertiary/aromatic N) is 1. The Morgan fingerprint density at radius 3 is 2.41 bits per heavy atom. The van der Waals surface area contributed by atoms with Gasteiger partial charge in [-0.15, -0.1) is 0 Å². The predicted octanol–water partition coefficient (Wildman–Crippen LogP) is 2.55. The number of hydrogen-bond acceptors (Lipinski definition) is 8. The Morgan fingerprint density at radius 2 is 1.68 bits per heavy atom. The third kappa shape index (κ3) is 2.50. The third-order valence-electron chi connectivity index (χ3n) is 3.61. The summed E-state index contributed by atoms with van der Waals surface area (Å²) in [7, 11) is 0. The lowest BCUT2D eigenvalue weighted by molar-refractivity contribution is 0.586. The molecule has 0 spiro atoms. The van der Waals surface area contributed by atoms with Gasteiger partial charge >= 0.3 is 0 Å². The molecule has 0 atom stereocenters. The molecule has 4 rings (SSSR count). The first-order valence-corrected chi connectivity index (χ1v) is 10.3. The molecule has 1 fully saturated rings. The van der Waals surface area contributed by atoms with Crippen LogP contribution in [0.4, 0.5) is 5.69 Å². The molecule has 4 nitrogen and oxygen atoms in total. The molecular formula is C14H12N2O2S4. The van der Waals surface area contributed by atoms with Crippen LogP contribution in [0.25, 0.3) is 4.91 Å². The molecule has 1 saturated heterocycles. The van der Waals surface area contributed by atoms with Gasteiger partial charge in [0.25, 0.3) is 0 Å². The monoisotopic (exact) mass is 368 g/mol. The number of rotatable bonds is 2. The minimum Gasteiger partial charge on any atom is -0.365 e. The maximum atomic E-state index is 12.1. The summed E-state index contributed by atoms with van der Waals surface area (Å²) in [6.07, 6.45) is 0. The number of piperazine rings is 1. The van der Waals surface area contributed by atoms with E-state index in [1.54, 1.807) is 47.0 Å². The van der Waals surface area contributed by atoms with Crippen molar-refractivity contribution in [2.45, 2.75) is 0 Å². The molecule has 0 saturated carbocycles. The van der Waals surface area contributed by atoms with Gasteiger partial charge in [0, 0.05) is 31.1 Å². The van der Waals surface area contributed by atoms with Crippen molar-refractivity contribution in [3.8, 4) is 0 Å². The molecule has 0 bridgehead atoms. The van der Waals surface area contributed by atoms with E-state index in [0.29, 0.717) is 11.3 Å². The maximum Gasteiger partial charge on any atom is 0.250 e. The van der Waals surface area contributed by atoms with Gasteiger partial charge in [0.15, 0.2) is 0 Å². The Labute approximate surface area is 144 Å². The summed E-state index contributed by atoms with van der Waals surface area (Å²) in [6, 6.07) is 0. The Kier molecular flexibility index (Phi) is 4.21. The Morgan fingerprint density at radius 1 is 0.955 bits per heavy atom. The van der Waals surface area contributed by atoms with Gasteiger partial charge in [0.2, 0.25) is 10.9 Å². The maximum absolute atomic E-state index is 12.1. The fraction of sp³-hybridized carbons (Fsp3) is 0.286. The Balaban J connectivity index is 1.61. The van der Waals surface area contributed by atoms with Crippen molar-refractivity contribution < 1.29 is 0 Å². The van der Waals surface area contributed by atoms with Crippen LogP contribution in [-0.4, -0.2) is 26.2 Å². The summed E-state index contributed by atoms with van der Waals surface area (Å²) < 4.78 is 2.46. The van der Waals surface area contributed by atoms with Gasteiger partial charge in [-0.1, -0.05) is 47.0 Å². The highest BCUT2D eigenvalue weighted by Gasteiger charge is 2.32. The van der Waals surface area contributed by atoms with E-state index >= 15 is 0 Å².